The summed E-state index contributed by atoms with van der Waals surface area (Å²) < 4.78 is 5.49. The van der Waals surface area contributed by atoms with Crippen molar-refractivity contribution in [2.45, 2.75) is 25.5 Å². The van der Waals surface area contributed by atoms with Crippen molar-refractivity contribution in [2.75, 3.05) is 6.54 Å². The number of hydrogen-bond donors (Lipinski definition) is 0. The fraction of sp³-hybridized carbons (Fsp3) is 0.300. The summed E-state index contributed by atoms with van der Waals surface area (Å²) in [6.45, 7) is 0.810. The minimum absolute atomic E-state index is 0.0200. The molecule has 24 heavy (non-hydrogen) atoms. The van der Waals surface area contributed by atoms with Gasteiger partial charge in [-0.3, -0.25) is 0 Å². The second-order valence-electron chi connectivity index (χ2n) is 6.01. The van der Waals surface area contributed by atoms with Crippen molar-refractivity contribution in [1.82, 2.24) is 4.90 Å². The van der Waals surface area contributed by atoms with Gasteiger partial charge in [-0.15, -0.1) is 0 Å². The molecule has 1 amide bonds. The van der Waals surface area contributed by atoms with Crippen LogP contribution in [0.1, 0.15) is 30.0 Å². The highest BCUT2D eigenvalue weighted by Gasteiger charge is 2.33. The molecule has 2 aromatic rings. The van der Waals surface area contributed by atoms with Crippen LogP contribution < -0.4 is 0 Å². The second kappa shape index (κ2) is 7.65. The van der Waals surface area contributed by atoms with Crippen molar-refractivity contribution in [3.8, 4) is 6.07 Å². The van der Waals surface area contributed by atoms with Gasteiger partial charge in [0.2, 0.25) is 0 Å². The van der Waals surface area contributed by atoms with E-state index < -0.39 is 0 Å². The van der Waals surface area contributed by atoms with Crippen LogP contribution in [0, 0.1) is 17.2 Å². The quantitative estimate of drug-likeness (QED) is 0.847. The van der Waals surface area contributed by atoms with Crippen LogP contribution in [0.3, 0.4) is 0 Å². The van der Waals surface area contributed by atoms with Crippen LogP contribution in [0.25, 0.3) is 0 Å². The fourth-order valence-corrected chi connectivity index (χ4v) is 3.09. The Balaban J connectivity index is 1.71. The van der Waals surface area contributed by atoms with Gasteiger partial charge in [0, 0.05) is 6.54 Å². The molecule has 2 aromatic carbocycles. The zero-order chi connectivity index (χ0) is 16.8. The van der Waals surface area contributed by atoms with E-state index in [0.29, 0.717) is 19.4 Å². The number of nitriles is 1. The molecule has 1 heterocycles. The molecule has 1 saturated heterocycles. The summed E-state index contributed by atoms with van der Waals surface area (Å²) in [6.07, 6.45) is 1.03. The monoisotopic (exact) mass is 320 g/mol. The van der Waals surface area contributed by atoms with E-state index in [-0.39, 0.29) is 24.7 Å². The predicted molar refractivity (Wildman–Crippen MR) is 90.9 cm³/mol. The van der Waals surface area contributed by atoms with Crippen molar-refractivity contribution in [2.24, 2.45) is 5.92 Å². The molecule has 0 N–H and O–H groups in total. The Labute approximate surface area is 142 Å². The van der Waals surface area contributed by atoms with Gasteiger partial charge in [0.05, 0.1) is 18.0 Å². The zero-order valence-electron chi connectivity index (χ0n) is 13.5. The highest BCUT2D eigenvalue weighted by molar-refractivity contribution is 5.68. The number of nitrogens with zero attached hydrogens (tertiary/aromatic N) is 2. The Bertz CT molecular complexity index is 709. The third kappa shape index (κ3) is 3.75. The SMILES string of the molecule is N#CC1CCN(C(=O)OCc2ccccc2)C(c2ccccc2)C1. The number of likely N-dealkylation sites (tertiary alicyclic amines) is 1. The highest BCUT2D eigenvalue weighted by atomic mass is 16.6. The van der Waals surface area contributed by atoms with Gasteiger partial charge < -0.3 is 9.64 Å². The summed E-state index contributed by atoms with van der Waals surface area (Å²) >= 11 is 0. The molecule has 0 radical (unpaired) electrons. The van der Waals surface area contributed by atoms with Gasteiger partial charge in [-0.2, -0.15) is 5.26 Å². The van der Waals surface area contributed by atoms with Crippen LogP contribution in [-0.2, 0) is 11.3 Å². The smallest absolute Gasteiger partial charge is 0.410 e. The molecule has 4 heteroatoms. The average Bonchev–Trinajstić information content (AvgIpc) is 2.67. The molecule has 2 atom stereocenters. The summed E-state index contributed by atoms with van der Waals surface area (Å²) in [7, 11) is 0. The second-order valence-corrected chi connectivity index (χ2v) is 6.01. The Morgan fingerprint density at radius 3 is 2.46 bits per heavy atom. The van der Waals surface area contributed by atoms with Crippen LogP contribution in [0.15, 0.2) is 60.7 Å². The molecule has 0 spiro atoms. The average molecular weight is 320 g/mol. The van der Waals surface area contributed by atoms with Crippen LogP contribution >= 0.6 is 0 Å². The number of benzene rings is 2. The van der Waals surface area contributed by atoms with Gasteiger partial charge >= 0.3 is 6.09 Å². The lowest BCUT2D eigenvalue weighted by molar-refractivity contribution is 0.0620. The van der Waals surface area contributed by atoms with Crippen molar-refractivity contribution in [3.63, 3.8) is 0 Å². The summed E-state index contributed by atoms with van der Waals surface area (Å²) in [5.74, 6) is -0.0200. The number of piperidine rings is 1. The van der Waals surface area contributed by atoms with Crippen LogP contribution in [-0.4, -0.2) is 17.5 Å². The molecule has 1 fully saturated rings. The Kier molecular flexibility index (Phi) is 5.12. The predicted octanol–water partition coefficient (Wildman–Crippen LogP) is 4.30. The summed E-state index contributed by atoms with van der Waals surface area (Å²) in [6, 6.07) is 21.8. The first-order valence-electron chi connectivity index (χ1n) is 8.20. The first-order chi connectivity index (χ1) is 11.8. The minimum atomic E-state index is -0.316. The van der Waals surface area contributed by atoms with E-state index in [4.69, 9.17) is 4.74 Å². The topological polar surface area (TPSA) is 53.3 Å². The van der Waals surface area contributed by atoms with Gasteiger partial charge in [-0.05, 0) is 24.0 Å². The van der Waals surface area contributed by atoms with E-state index >= 15 is 0 Å². The van der Waals surface area contributed by atoms with Crippen molar-refractivity contribution in [3.05, 3.63) is 71.8 Å². The number of amides is 1. The molecular weight excluding hydrogens is 300 g/mol. The zero-order valence-corrected chi connectivity index (χ0v) is 13.5. The molecule has 3 rings (SSSR count). The molecule has 0 aliphatic carbocycles. The maximum atomic E-state index is 12.6. The fourth-order valence-electron chi connectivity index (χ4n) is 3.09. The lowest BCUT2D eigenvalue weighted by atomic mass is 9.88. The molecule has 2 unspecified atom stereocenters. The van der Waals surface area contributed by atoms with Crippen LogP contribution in [0.4, 0.5) is 4.79 Å². The van der Waals surface area contributed by atoms with Crippen molar-refractivity contribution >= 4 is 6.09 Å². The van der Waals surface area contributed by atoms with Gasteiger partial charge in [0.25, 0.3) is 0 Å². The first kappa shape index (κ1) is 16.1. The molecule has 4 nitrogen and oxygen atoms in total. The largest absolute Gasteiger partial charge is 0.445 e. The Morgan fingerprint density at radius 1 is 1.12 bits per heavy atom. The molecule has 1 aliphatic heterocycles. The van der Waals surface area contributed by atoms with E-state index in [2.05, 4.69) is 6.07 Å². The molecule has 0 bridgehead atoms. The minimum Gasteiger partial charge on any atom is -0.445 e. The van der Waals surface area contributed by atoms with E-state index in [1.54, 1.807) is 4.90 Å². The maximum absolute atomic E-state index is 12.6. The summed E-state index contributed by atoms with van der Waals surface area (Å²) in [5, 5.41) is 9.25. The van der Waals surface area contributed by atoms with E-state index in [1.165, 1.54) is 0 Å². The maximum Gasteiger partial charge on any atom is 0.410 e. The van der Waals surface area contributed by atoms with E-state index in [0.717, 1.165) is 11.1 Å². The van der Waals surface area contributed by atoms with Crippen molar-refractivity contribution < 1.29 is 9.53 Å². The third-order valence-electron chi connectivity index (χ3n) is 4.41. The number of hydrogen-bond acceptors (Lipinski definition) is 3. The van der Waals surface area contributed by atoms with Gasteiger partial charge in [-0.1, -0.05) is 60.7 Å². The number of carbonyl (C=O) groups excluding carboxylic acids is 1. The normalized spacial score (nSPS) is 20.2. The summed E-state index contributed by atoms with van der Waals surface area (Å²) in [5.41, 5.74) is 2.02. The molecule has 0 saturated carbocycles. The number of rotatable bonds is 3. The van der Waals surface area contributed by atoms with Crippen molar-refractivity contribution in [1.29, 1.82) is 5.26 Å². The molecule has 122 valence electrons. The van der Waals surface area contributed by atoms with Crippen LogP contribution in [0.2, 0.25) is 0 Å². The van der Waals surface area contributed by atoms with E-state index in [1.807, 2.05) is 60.7 Å². The number of carbonyl (C=O) groups is 1. The van der Waals surface area contributed by atoms with Gasteiger partial charge in [0.1, 0.15) is 6.61 Å². The standard InChI is InChI=1S/C20H20N2O2/c21-14-17-11-12-22(19(13-17)18-9-5-2-6-10-18)20(23)24-15-16-7-3-1-4-8-16/h1-10,17,19H,11-13,15H2. The van der Waals surface area contributed by atoms with E-state index in [9.17, 15) is 10.1 Å². The van der Waals surface area contributed by atoms with Gasteiger partial charge in [0.15, 0.2) is 0 Å². The Morgan fingerprint density at radius 2 is 1.79 bits per heavy atom. The Hall–Kier alpha value is -2.80. The lowest BCUT2D eigenvalue weighted by Gasteiger charge is -2.37. The first-order valence-corrected chi connectivity index (χ1v) is 8.20. The highest BCUT2D eigenvalue weighted by Crippen LogP contribution is 2.34. The number of ether oxygens (including phenoxy) is 1. The molecular formula is C20H20N2O2. The molecule has 1 aliphatic rings. The summed E-state index contributed by atoms with van der Waals surface area (Å²) in [4.78, 5) is 14.3. The lowest BCUT2D eigenvalue weighted by Crippen LogP contribution is -2.41. The van der Waals surface area contributed by atoms with Crippen LogP contribution in [0.5, 0.6) is 0 Å². The molecule has 0 aromatic heterocycles. The van der Waals surface area contributed by atoms with Gasteiger partial charge in [-0.25, -0.2) is 4.79 Å². The third-order valence-corrected chi connectivity index (χ3v) is 4.41.